The van der Waals surface area contributed by atoms with Crippen LogP contribution in [0.4, 0.5) is 4.79 Å². The molecule has 18 heavy (non-hydrogen) atoms. The SMILES string of the molecule is CSC[C@@H](C)CNC(=O)NCc1cnn(C)c1C. The fourth-order valence-electron chi connectivity index (χ4n) is 1.57. The van der Waals surface area contributed by atoms with Crippen molar-refractivity contribution in [2.45, 2.75) is 20.4 Å². The Balaban J connectivity index is 2.27. The molecule has 0 unspecified atom stereocenters. The molecule has 1 atom stereocenters. The van der Waals surface area contributed by atoms with Gasteiger partial charge in [-0.25, -0.2) is 4.79 Å². The highest BCUT2D eigenvalue weighted by Gasteiger charge is 2.07. The second-order valence-corrected chi connectivity index (χ2v) is 5.41. The summed E-state index contributed by atoms with van der Waals surface area (Å²) in [6.45, 7) is 5.34. The van der Waals surface area contributed by atoms with Gasteiger partial charge in [0.05, 0.1) is 6.20 Å². The highest BCUT2D eigenvalue weighted by atomic mass is 32.2. The predicted molar refractivity (Wildman–Crippen MR) is 75.7 cm³/mol. The van der Waals surface area contributed by atoms with E-state index in [4.69, 9.17) is 0 Å². The molecule has 5 nitrogen and oxygen atoms in total. The van der Waals surface area contributed by atoms with Crippen LogP contribution in [0.15, 0.2) is 6.20 Å². The molecule has 6 heteroatoms. The number of aryl methyl sites for hydroxylation is 1. The van der Waals surface area contributed by atoms with Crippen LogP contribution in [-0.2, 0) is 13.6 Å². The van der Waals surface area contributed by atoms with Crippen LogP contribution in [0.2, 0.25) is 0 Å². The number of hydrogen-bond donors (Lipinski definition) is 2. The van der Waals surface area contributed by atoms with Crippen molar-refractivity contribution in [3.05, 3.63) is 17.5 Å². The summed E-state index contributed by atoms with van der Waals surface area (Å²) in [6, 6.07) is -0.119. The lowest BCUT2D eigenvalue weighted by Crippen LogP contribution is -2.37. The van der Waals surface area contributed by atoms with Crippen LogP contribution in [0.3, 0.4) is 0 Å². The summed E-state index contributed by atoms with van der Waals surface area (Å²) in [6.07, 6.45) is 3.85. The number of nitrogens with one attached hydrogen (secondary N) is 2. The molecule has 0 fully saturated rings. The Hall–Kier alpha value is -1.17. The largest absolute Gasteiger partial charge is 0.338 e. The van der Waals surface area contributed by atoms with Gasteiger partial charge < -0.3 is 10.6 Å². The molecular weight excluding hydrogens is 248 g/mol. The van der Waals surface area contributed by atoms with Gasteiger partial charge in [-0.1, -0.05) is 6.92 Å². The van der Waals surface area contributed by atoms with Crippen LogP contribution in [0.5, 0.6) is 0 Å². The Morgan fingerprint density at radius 2 is 2.28 bits per heavy atom. The zero-order valence-corrected chi connectivity index (χ0v) is 12.3. The highest BCUT2D eigenvalue weighted by molar-refractivity contribution is 7.98. The lowest BCUT2D eigenvalue weighted by atomic mass is 10.2. The summed E-state index contributed by atoms with van der Waals surface area (Å²) in [5.74, 6) is 1.55. The van der Waals surface area contributed by atoms with E-state index in [2.05, 4.69) is 28.9 Å². The Bertz CT molecular complexity index is 391. The van der Waals surface area contributed by atoms with Crippen LogP contribution in [0.1, 0.15) is 18.2 Å². The molecule has 0 bridgehead atoms. The first-order chi connectivity index (χ1) is 8.54. The molecule has 0 spiro atoms. The van der Waals surface area contributed by atoms with Crippen molar-refractivity contribution in [1.29, 1.82) is 0 Å². The molecule has 1 aromatic heterocycles. The quantitative estimate of drug-likeness (QED) is 0.824. The van der Waals surface area contributed by atoms with Gasteiger partial charge in [0.1, 0.15) is 0 Å². The first-order valence-corrected chi connectivity index (χ1v) is 7.42. The van der Waals surface area contributed by atoms with E-state index in [0.717, 1.165) is 17.0 Å². The van der Waals surface area contributed by atoms with Crippen LogP contribution in [-0.4, -0.2) is 34.4 Å². The zero-order valence-electron chi connectivity index (χ0n) is 11.5. The van der Waals surface area contributed by atoms with Gasteiger partial charge in [-0.2, -0.15) is 16.9 Å². The number of thioether (sulfide) groups is 1. The second-order valence-electron chi connectivity index (χ2n) is 4.50. The summed E-state index contributed by atoms with van der Waals surface area (Å²) >= 11 is 1.79. The average Bonchev–Trinajstić information content (AvgIpc) is 2.65. The van der Waals surface area contributed by atoms with Crippen molar-refractivity contribution in [1.82, 2.24) is 20.4 Å². The molecule has 0 aliphatic heterocycles. The van der Waals surface area contributed by atoms with Gasteiger partial charge in [0.2, 0.25) is 0 Å². The van der Waals surface area contributed by atoms with E-state index in [-0.39, 0.29) is 6.03 Å². The minimum atomic E-state index is -0.119. The van der Waals surface area contributed by atoms with Gasteiger partial charge in [0.15, 0.2) is 0 Å². The van der Waals surface area contributed by atoms with Gasteiger partial charge in [-0.3, -0.25) is 4.68 Å². The standard InChI is InChI=1S/C12H22N4OS/c1-9(8-18-4)5-13-12(17)14-6-11-7-15-16(3)10(11)2/h7,9H,5-6,8H2,1-4H3,(H2,13,14,17)/t9-/m0/s1. The van der Waals surface area contributed by atoms with Crippen molar-refractivity contribution in [2.75, 3.05) is 18.6 Å². The van der Waals surface area contributed by atoms with Gasteiger partial charge in [0, 0.05) is 31.4 Å². The third kappa shape index (κ3) is 4.60. The summed E-state index contributed by atoms with van der Waals surface area (Å²) in [5, 5.41) is 9.85. The van der Waals surface area contributed by atoms with Crippen molar-refractivity contribution >= 4 is 17.8 Å². The van der Waals surface area contributed by atoms with Gasteiger partial charge in [-0.05, 0) is 24.9 Å². The van der Waals surface area contributed by atoms with E-state index >= 15 is 0 Å². The van der Waals surface area contributed by atoms with E-state index in [1.165, 1.54) is 0 Å². The number of carbonyl (C=O) groups excluding carboxylic acids is 1. The second kappa shape index (κ2) is 7.31. The third-order valence-corrected chi connectivity index (χ3v) is 3.74. The van der Waals surface area contributed by atoms with Crippen LogP contribution in [0, 0.1) is 12.8 Å². The number of nitrogens with zero attached hydrogens (tertiary/aromatic N) is 2. The molecule has 2 amide bonds. The third-order valence-electron chi connectivity index (χ3n) is 2.84. The summed E-state index contributed by atoms with van der Waals surface area (Å²) < 4.78 is 1.80. The van der Waals surface area contributed by atoms with E-state index < -0.39 is 0 Å². The van der Waals surface area contributed by atoms with Crippen LogP contribution in [0.25, 0.3) is 0 Å². The first-order valence-electron chi connectivity index (χ1n) is 6.02. The number of hydrogen-bond acceptors (Lipinski definition) is 3. The Morgan fingerprint density at radius 1 is 1.56 bits per heavy atom. The lowest BCUT2D eigenvalue weighted by molar-refractivity contribution is 0.239. The summed E-state index contributed by atoms with van der Waals surface area (Å²) in [4.78, 5) is 11.6. The molecule has 1 rings (SSSR count). The molecule has 0 aliphatic rings. The molecule has 102 valence electrons. The van der Waals surface area contributed by atoms with Gasteiger partial charge in [-0.15, -0.1) is 0 Å². The number of rotatable bonds is 6. The van der Waals surface area contributed by atoms with Crippen molar-refractivity contribution in [2.24, 2.45) is 13.0 Å². The fraction of sp³-hybridized carbons (Fsp3) is 0.667. The minimum Gasteiger partial charge on any atom is -0.338 e. The van der Waals surface area contributed by atoms with Crippen molar-refractivity contribution in [3.8, 4) is 0 Å². The minimum absolute atomic E-state index is 0.119. The summed E-state index contributed by atoms with van der Waals surface area (Å²) in [5.41, 5.74) is 2.12. The molecule has 2 N–H and O–H groups in total. The van der Waals surface area contributed by atoms with Crippen molar-refractivity contribution < 1.29 is 4.79 Å². The molecule has 0 saturated heterocycles. The van der Waals surface area contributed by atoms with Crippen LogP contribution >= 0.6 is 11.8 Å². The number of amides is 2. The highest BCUT2D eigenvalue weighted by Crippen LogP contribution is 2.05. The average molecular weight is 270 g/mol. The Labute approximate surface area is 113 Å². The predicted octanol–water partition coefficient (Wildman–Crippen LogP) is 1.53. The Morgan fingerprint density at radius 3 is 2.83 bits per heavy atom. The van der Waals surface area contributed by atoms with E-state index in [1.807, 2.05) is 14.0 Å². The molecular formula is C12H22N4OS. The maximum absolute atomic E-state index is 11.6. The van der Waals surface area contributed by atoms with Gasteiger partial charge >= 0.3 is 6.03 Å². The molecule has 0 aliphatic carbocycles. The number of urea groups is 1. The monoisotopic (exact) mass is 270 g/mol. The fourth-order valence-corrected chi connectivity index (χ4v) is 2.25. The van der Waals surface area contributed by atoms with Crippen molar-refractivity contribution in [3.63, 3.8) is 0 Å². The first kappa shape index (κ1) is 14.9. The smallest absolute Gasteiger partial charge is 0.315 e. The number of aromatic nitrogens is 2. The molecule has 1 aromatic rings. The maximum atomic E-state index is 11.6. The topological polar surface area (TPSA) is 59.0 Å². The maximum Gasteiger partial charge on any atom is 0.315 e. The van der Waals surface area contributed by atoms with Crippen LogP contribution < -0.4 is 10.6 Å². The summed E-state index contributed by atoms with van der Waals surface area (Å²) in [7, 11) is 1.89. The molecule has 0 radical (unpaired) electrons. The van der Waals surface area contributed by atoms with E-state index in [1.54, 1.807) is 22.6 Å². The Kier molecular flexibility index (Phi) is 6.04. The number of carbonyl (C=O) groups is 1. The molecule has 0 aromatic carbocycles. The lowest BCUT2D eigenvalue weighted by Gasteiger charge is -2.12. The van der Waals surface area contributed by atoms with E-state index in [9.17, 15) is 4.79 Å². The normalized spacial score (nSPS) is 12.2. The molecule has 0 saturated carbocycles. The zero-order chi connectivity index (χ0) is 13.5. The van der Waals surface area contributed by atoms with Gasteiger partial charge in [0.25, 0.3) is 0 Å². The van der Waals surface area contributed by atoms with E-state index in [0.29, 0.717) is 19.0 Å². The molecule has 1 heterocycles.